The van der Waals surface area contributed by atoms with Gasteiger partial charge in [0.1, 0.15) is 11.9 Å². The second-order valence-corrected chi connectivity index (χ2v) is 3.70. The molecule has 76 valence electrons. The molecule has 0 radical (unpaired) electrons. The summed E-state index contributed by atoms with van der Waals surface area (Å²) in [6, 6.07) is 0.681. The molecular formula is C8H10BrN3O2. The standard InChI is InChI=1S/C8H10BrN3O2/c9-5-3-12-7(11)2-4(5)1-6(10)8(13)14/h2-3,6H,1,10H2,(H2,11,12)(H,13,14)/t6-/m0/s1. The molecule has 0 saturated carbocycles. The lowest BCUT2D eigenvalue weighted by atomic mass is 10.1. The zero-order chi connectivity index (χ0) is 10.7. The molecule has 6 heteroatoms. The van der Waals surface area contributed by atoms with Crippen LogP contribution in [0.25, 0.3) is 0 Å². The minimum Gasteiger partial charge on any atom is -0.480 e. The maximum atomic E-state index is 10.5. The van der Waals surface area contributed by atoms with Crippen molar-refractivity contribution in [2.24, 2.45) is 5.73 Å². The molecule has 0 fully saturated rings. The number of halogens is 1. The van der Waals surface area contributed by atoms with Gasteiger partial charge >= 0.3 is 5.97 Å². The molecule has 0 amide bonds. The highest BCUT2D eigenvalue weighted by Gasteiger charge is 2.14. The highest BCUT2D eigenvalue weighted by atomic mass is 79.9. The molecule has 5 N–H and O–H groups in total. The van der Waals surface area contributed by atoms with Gasteiger partial charge in [0.25, 0.3) is 0 Å². The number of nitrogen functional groups attached to an aromatic ring is 1. The van der Waals surface area contributed by atoms with E-state index in [0.717, 1.165) is 5.56 Å². The molecule has 14 heavy (non-hydrogen) atoms. The summed E-state index contributed by atoms with van der Waals surface area (Å²) in [6.45, 7) is 0. The summed E-state index contributed by atoms with van der Waals surface area (Å²) in [5.41, 5.74) is 11.6. The smallest absolute Gasteiger partial charge is 0.320 e. The van der Waals surface area contributed by atoms with Crippen LogP contribution in [0, 0.1) is 0 Å². The number of carboxylic acid groups (broad SMARTS) is 1. The van der Waals surface area contributed by atoms with Crippen LogP contribution in [0.1, 0.15) is 5.56 Å². The first-order valence-corrected chi connectivity index (χ1v) is 4.68. The van der Waals surface area contributed by atoms with E-state index < -0.39 is 12.0 Å². The van der Waals surface area contributed by atoms with Crippen LogP contribution in [-0.2, 0) is 11.2 Å². The zero-order valence-electron chi connectivity index (χ0n) is 7.27. The van der Waals surface area contributed by atoms with Crippen molar-refractivity contribution in [3.63, 3.8) is 0 Å². The number of anilines is 1. The van der Waals surface area contributed by atoms with Crippen molar-refractivity contribution < 1.29 is 9.90 Å². The molecule has 1 rings (SSSR count). The van der Waals surface area contributed by atoms with Gasteiger partial charge in [-0.1, -0.05) is 0 Å². The Hall–Kier alpha value is -1.14. The van der Waals surface area contributed by atoms with Gasteiger partial charge in [-0.15, -0.1) is 0 Å². The fraction of sp³-hybridized carbons (Fsp3) is 0.250. The van der Waals surface area contributed by atoms with Crippen LogP contribution < -0.4 is 11.5 Å². The Bertz CT molecular complexity index is 356. The van der Waals surface area contributed by atoms with Crippen molar-refractivity contribution in [3.05, 3.63) is 22.3 Å². The number of pyridine rings is 1. The molecule has 0 unspecified atom stereocenters. The number of carboxylic acids is 1. The summed E-state index contributed by atoms with van der Waals surface area (Å²) in [4.78, 5) is 14.3. The van der Waals surface area contributed by atoms with Crippen LogP contribution >= 0.6 is 15.9 Å². The van der Waals surface area contributed by atoms with Crippen molar-refractivity contribution in [2.75, 3.05) is 5.73 Å². The summed E-state index contributed by atoms with van der Waals surface area (Å²) in [6.07, 6.45) is 1.75. The molecule has 0 aliphatic carbocycles. The van der Waals surface area contributed by atoms with Gasteiger partial charge in [0.15, 0.2) is 0 Å². The average molecular weight is 260 g/mol. The minimum absolute atomic E-state index is 0.225. The second-order valence-electron chi connectivity index (χ2n) is 2.85. The molecule has 0 aliphatic heterocycles. The number of rotatable bonds is 3. The number of nitrogens with two attached hydrogens (primary N) is 2. The maximum Gasteiger partial charge on any atom is 0.320 e. The van der Waals surface area contributed by atoms with Gasteiger partial charge in [-0.25, -0.2) is 4.98 Å². The van der Waals surface area contributed by atoms with Gasteiger partial charge in [0, 0.05) is 10.7 Å². The third kappa shape index (κ3) is 2.68. The van der Waals surface area contributed by atoms with E-state index in [1.807, 2.05) is 0 Å². The van der Waals surface area contributed by atoms with Crippen molar-refractivity contribution >= 4 is 27.7 Å². The molecule has 1 aromatic rings. The van der Waals surface area contributed by atoms with E-state index in [4.69, 9.17) is 16.6 Å². The van der Waals surface area contributed by atoms with Crippen LogP contribution in [0.4, 0.5) is 5.82 Å². The lowest BCUT2D eigenvalue weighted by molar-refractivity contribution is -0.138. The SMILES string of the molecule is Nc1cc(C[C@H](N)C(=O)O)c(Br)cn1. The number of aromatic nitrogens is 1. The van der Waals surface area contributed by atoms with Crippen LogP contribution in [-0.4, -0.2) is 22.1 Å². The summed E-state index contributed by atoms with van der Waals surface area (Å²) in [5, 5.41) is 8.62. The Morgan fingerprint density at radius 2 is 2.36 bits per heavy atom. The summed E-state index contributed by atoms with van der Waals surface area (Å²) >= 11 is 3.24. The molecular weight excluding hydrogens is 250 g/mol. The molecule has 1 heterocycles. The van der Waals surface area contributed by atoms with E-state index in [1.54, 1.807) is 6.07 Å². The molecule has 0 bridgehead atoms. The number of hydrogen-bond donors (Lipinski definition) is 3. The van der Waals surface area contributed by atoms with Crippen molar-refractivity contribution in [3.8, 4) is 0 Å². The Balaban J connectivity index is 2.85. The van der Waals surface area contributed by atoms with E-state index in [1.165, 1.54) is 6.20 Å². The fourth-order valence-electron chi connectivity index (χ4n) is 0.980. The number of hydrogen-bond acceptors (Lipinski definition) is 4. The van der Waals surface area contributed by atoms with Gasteiger partial charge in [0.2, 0.25) is 0 Å². The van der Waals surface area contributed by atoms with Crippen LogP contribution in [0.2, 0.25) is 0 Å². The lowest BCUT2D eigenvalue weighted by Gasteiger charge is -2.08. The van der Waals surface area contributed by atoms with Gasteiger partial charge in [0.05, 0.1) is 0 Å². The predicted molar refractivity (Wildman–Crippen MR) is 55.7 cm³/mol. The first kappa shape index (κ1) is 10.9. The van der Waals surface area contributed by atoms with E-state index in [9.17, 15) is 4.79 Å². The van der Waals surface area contributed by atoms with Crippen molar-refractivity contribution in [2.45, 2.75) is 12.5 Å². The minimum atomic E-state index is -1.03. The topological polar surface area (TPSA) is 102 Å². The molecule has 0 spiro atoms. The Kier molecular flexibility index (Phi) is 3.43. The molecule has 0 aliphatic rings. The Labute approximate surface area is 89.2 Å². The van der Waals surface area contributed by atoms with Crippen molar-refractivity contribution in [1.29, 1.82) is 0 Å². The molecule has 5 nitrogen and oxygen atoms in total. The normalized spacial score (nSPS) is 12.4. The average Bonchev–Trinajstić information content (AvgIpc) is 2.11. The lowest BCUT2D eigenvalue weighted by Crippen LogP contribution is -2.32. The molecule has 1 aromatic heterocycles. The molecule has 0 aromatic carbocycles. The van der Waals surface area contributed by atoms with Crippen LogP contribution in [0.15, 0.2) is 16.7 Å². The monoisotopic (exact) mass is 259 g/mol. The van der Waals surface area contributed by atoms with E-state index in [-0.39, 0.29) is 6.42 Å². The maximum absolute atomic E-state index is 10.5. The van der Waals surface area contributed by atoms with Gasteiger partial charge in [-0.05, 0) is 34.0 Å². The Morgan fingerprint density at radius 1 is 1.71 bits per heavy atom. The summed E-state index contributed by atoms with van der Waals surface area (Å²) < 4.78 is 0.711. The van der Waals surface area contributed by atoms with Gasteiger partial charge in [-0.2, -0.15) is 0 Å². The molecule has 1 atom stereocenters. The first-order chi connectivity index (χ1) is 6.50. The van der Waals surface area contributed by atoms with Gasteiger partial charge in [-0.3, -0.25) is 4.79 Å². The third-order valence-electron chi connectivity index (χ3n) is 1.71. The van der Waals surface area contributed by atoms with Crippen molar-refractivity contribution in [1.82, 2.24) is 4.98 Å². The summed E-state index contributed by atoms with van der Waals surface area (Å²) in [5.74, 6) is -0.687. The number of nitrogens with zero attached hydrogens (tertiary/aromatic N) is 1. The number of carbonyl (C=O) groups is 1. The van der Waals surface area contributed by atoms with Crippen LogP contribution in [0.3, 0.4) is 0 Å². The summed E-state index contributed by atoms with van der Waals surface area (Å²) in [7, 11) is 0. The van der Waals surface area contributed by atoms with E-state index in [0.29, 0.717) is 10.3 Å². The highest BCUT2D eigenvalue weighted by Crippen LogP contribution is 2.18. The fourth-order valence-corrected chi connectivity index (χ4v) is 1.36. The van der Waals surface area contributed by atoms with Gasteiger partial charge < -0.3 is 16.6 Å². The first-order valence-electron chi connectivity index (χ1n) is 3.89. The third-order valence-corrected chi connectivity index (χ3v) is 2.43. The largest absolute Gasteiger partial charge is 0.480 e. The zero-order valence-corrected chi connectivity index (χ0v) is 8.86. The molecule has 0 saturated heterocycles. The Morgan fingerprint density at radius 3 is 2.93 bits per heavy atom. The van der Waals surface area contributed by atoms with E-state index in [2.05, 4.69) is 20.9 Å². The highest BCUT2D eigenvalue weighted by molar-refractivity contribution is 9.10. The second kappa shape index (κ2) is 4.39. The quantitative estimate of drug-likeness (QED) is 0.729. The van der Waals surface area contributed by atoms with Crippen LogP contribution in [0.5, 0.6) is 0 Å². The predicted octanol–water partition coefficient (Wildman–Crippen LogP) is 0.381. The van der Waals surface area contributed by atoms with E-state index >= 15 is 0 Å². The number of aliphatic carboxylic acids is 1.